The van der Waals surface area contributed by atoms with Crippen LogP contribution in [-0.4, -0.2) is 30.8 Å². The van der Waals surface area contributed by atoms with Crippen LogP contribution in [0, 0.1) is 0 Å². The maximum atomic E-state index is 12.8. The van der Waals surface area contributed by atoms with Gasteiger partial charge >= 0.3 is 5.97 Å². The maximum absolute atomic E-state index is 12.8. The van der Waals surface area contributed by atoms with Gasteiger partial charge in [0.05, 0.1) is 12.5 Å². The minimum atomic E-state index is -0.757. The summed E-state index contributed by atoms with van der Waals surface area (Å²) in [5.74, 6) is 1.25. The predicted molar refractivity (Wildman–Crippen MR) is 120 cm³/mol. The molecule has 8 heteroatoms. The van der Waals surface area contributed by atoms with Gasteiger partial charge in [-0.15, -0.1) is 0 Å². The lowest BCUT2D eigenvalue weighted by Crippen LogP contribution is -2.30. The second-order valence-corrected chi connectivity index (χ2v) is 7.97. The molecule has 3 aromatic rings. The lowest BCUT2D eigenvalue weighted by atomic mass is 9.84. The van der Waals surface area contributed by atoms with Crippen LogP contribution >= 0.6 is 0 Å². The third-order valence-electron chi connectivity index (χ3n) is 5.40. The summed E-state index contributed by atoms with van der Waals surface area (Å²) in [6, 6.07) is 15.9. The zero-order valence-corrected chi connectivity index (χ0v) is 18.6. The molecule has 0 bridgehead atoms. The number of aromatic nitrogens is 1. The van der Waals surface area contributed by atoms with E-state index in [0.717, 1.165) is 11.1 Å². The summed E-state index contributed by atoms with van der Waals surface area (Å²) in [6.07, 6.45) is 1.56. The Hall–Kier alpha value is -4.07. The third-order valence-corrected chi connectivity index (χ3v) is 5.40. The van der Waals surface area contributed by atoms with E-state index in [1.165, 1.54) is 7.11 Å². The molecule has 0 radical (unpaired) electrons. The molecule has 0 spiro atoms. The van der Waals surface area contributed by atoms with Crippen molar-refractivity contribution in [1.82, 2.24) is 10.3 Å². The van der Waals surface area contributed by atoms with Crippen LogP contribution in [0.1, 0.15) is 35.3 Å². The van der Waals surface area contributed by atoms with Gasteiger partial charge in [-0.1, -0.05) is 24.3 Å². The topological polar surface area (TPSA) is 96.0 Å². The smallest absolute Gasteiger partial charge is 0.315 e. The van der Waals surface area contributed by atoms with Crippen LogP contribution in [0.5, 0.6) is 23.1 Å². The Morgan fingerprint density at radius 2 is 1.82 bits per heavy atom. The number of rotatable bonds is 7. The largest absolute Gasteiger partial charge is 0.468 e. The molecule has 0 saturated carbocycles. The number of amides is 1. The van der Waals surface area contributed by atoms with Crippen molar-refractivity contribution in [2.24, 2.45) is 0 Å². The van der Waals surface area contributed by atoms with Gasteiger partial charge in [0.25, 0.3) is 5.91 Å². The van der Waals surface area contributed by atoms with Gasteiger partial charge in [0.1, 0.15) is 11.3 Å². The number of methoxy groups -OCH3 is 1. The van der Waals surface area contributed by atoms with E-state index in [1.807, 2.05) is 24.3 Å². The number of nitrogens with zero attached hydrogens (tertiary/aromatic N) is 1. The minimum absolute atomic E-state index is 0.164. The number of nitrogens with one attached hydrogen (secondary N) is 1. The normalized spacial score (nSPS) is 12.2. The van der Waals surface area contributed by atoms with Crippen LogP contribution in [0.2, 0.25) is 0 Å². The summed E-state index contributed by atoms with van der Waals surface area (Å²) in [5.41, 5.74) is 1.26. The molecule has 0 atom stereocenters. The van der Waals surface area contributed by atoms with Gasteiger partial charge in [0, 0.05) is 18.8 Å². The molecule has 1 N–H and O–H groups in total. The molecular weight excluding hydrogens is 424 g/mol. The van der Waals surface area contributed by atoms with Crippen molar-refractivity contribution in [3.63, 3.8) is 0 Å². The van der Waals surface area contributed by atoms with E-state index in [2.05, 4.69) is 10.3 Å². The molecular formula is C25H24N2O6. The highest BCUT2D eigenvalue weighted by Crippen LogP contribution is 2.36. The van der Waals surface area contributed by atoms with Crippen LogP contribution in [0.4, 0.5) is 0 Å². The fourth-order valence-electron chi connectivity index (χ4n) is 3.39. The van der Waals surface area contributed by atoms with Crippen LogP contribution in [0.3, 0.4) is 0 Å². The maximum Gasteiger partial charge on any atom is 0.315 e. The third kappa shape index (κ3) is 4.74. The molecule has 4 rings (SSSR count). The number of esters is 1. The summed E-state index contributed by atoms with van der Waals surface area (Å²) < 4.78 is 21.4. The molecule has 0 aliphatic carbocycles. The van der Waals surface area contributed by atoms with Crippen LogP contribution in [0.15, 0.2) is 60.8 Å². The molecule has 170 valence electrons. The first-order valence-corrected chi connectivity index (χ1v) is 10.4. The van der Waals surface area contributed by atoms with Crippen molar-refractivity contribution in [2.75, 3.05) is 13.9 Å². The molecule has 8 nitrogen and oxygen atoms in total. The number of ether oxygens (including phenoxy) is 4. The van der Waals surface area contributed by atoms with Crippen molar-refractivity contribution in [3.05, 3.63) is 77.5 Å². The average Bonchev–Trinajstić information content (AvgIpc) is 3.30. The van der Waals surface area contributed by atoms with E-state index in [-0.39, 0.29) is 24.5 Å². The lowest BCUT2D eigenvalue weighted by molar-refractivity contribution is -0.146. The summed E-state index contributed by atoms with van der Waals surface area (Å²) in [4.78, 5) is 29.0. The number of hydrogen-bond acceptors (Lipinski definition) is 7. The summed E-state index contributed by atoms with van der Waals surface area (Å²) in [6.45, 7) is 4.08. The van der Waals surface area contributed by atoms with E-state index >= 15 is 0 Å². The van der Waals surface area contributed by atoms with Gasteiger partial charge in [-0.3, -0.25) is 9.59 Å². The highest BCUT2D eigenvalue weighted by Gasteiger charge is 2.30. The predicted octanol–water partition coefficient (Wildman–Crippen LogP) is 3.98. The van der Waals surface area contributed by atoms with E-state index in [4.69, 9.17) is 18.9 Å². The molecule has 0 fully saturated rings. The quantitative estimate of drug-likeness (QED) is 0.546. The van der Waals surface area contributed by atoms with Gasteiger partial charge in [-0.05, 0) is 49.2 Å². The van der Waals surface area contributed by atoms with E-state index in [0.29, 0.717) is 29.4 Å². The second kappa shape index (κ2) is 9.20. The second-order valence-electron chi connectivity index (χ2n) is 7.97. The van der Waals surface area contributed by atoms with E-state index in [9.17, 15) is 9.59 Å². The van der Waals surface area contributed by atoms with Crippen molar-refractivity contribution >= 4 is 11.9 Å². The standard InChI is InChI=1S/C25H24N2O6/c1-25(2,24(29)30-3)17-8-6-16(7-9-17)14-27-22(28)19-5-4-12-26-23(19)33-18-10-11-20-21(13-18)32-15-31-20/h4-13H,14-15H2,1-3H3,(H,27,28). The van der Waals surface area contributed by atoms with Crippen LogP contribution in [0.25, 0.3) is 0 Å². The molecule has 1 aromatic heterocycles. The number of pyridine rings is 1. The average molecular weight is 448 g/mol. The Labute approximate surface area is 191 Å². The molecule has 1 aliphatic heterocycles. The molecule has 0 unspecified atom stereocenters. The SMILES string of the molecule is COC(=O)C(C)(C)c1ccc(CNC(=O)c2cccnc2Oc2ccc3c(c2)OCO3)cc1. The molecule has 33 heavy (non-hydrogen) atoms. The fraction of sp³-hybridized carbons (Fsp3) is 0.240. The Bertz CT molecular complexity index is 1170. The Kier molecular flexibility index (Phi) is 6.17. The van der Waals surface area contributed by atoms with E-state index < -0.39 is 5.41 Å². The first-order chi connectivity index (χ1) is 15.9. The number of benzene rings is 2. The number of carbonyl (C=O) groups is 2. The van der Waals surface area contributed by atoms with E-state index in [1.54, 1.807) is 50.4 Å². The number of fused-ring (bicyclic) bond motifs is 1. The lowest BCUT2D eigenvalue weighted by Gasteiger charge is -2.22. The molecule has 1 amide bonds. The van der Waals surface area contributed by atoms with Gasteiger partial charge in [0.2, 0.25) is 12.7 Å². The Morgan fingerprint density at radius 1 is 1.06 bits per heavy atom. The highest BCUT2D eigenvalue weighted by atomic mass is 16.7. The molecule has 0 saturated heterocycles. The van der Waals surface area contributed by atoms with Gasteiger partial charge in [0.15, 0.2) is 11.5 Å². The number of carbonyl (C=O) groups excluding carboxylic acids is 2. The fourth-order valence-corrected chi connectivity index (χ4v) is 3.39. The summed E-state index contributed by atoms with van der Waals surface area (Å²) in [5, 5.41) is 2.88. The summed E-state index contributed by atoms with van der Waals surface area (Å²) in [7, 11) is 1.37. The van der Waals surface area contributed by atoms with Gasteiger partial charge < -0.3 is 24.3 Å². The molecule has 2 heterocycles. The zero-order valence-electron chi connectivity index (χ0n) is 18.6. The minimum Gasteiger partial charge on any atom is -0.468 e. The van der Waals surface area contributed by atoms with Crippen molar-refractivity contribution in [3.8, 4) is 23.1 Å². The molecule has 1 aliphatic rings. The summed E-state index contributed by atoms with van der Waals surface area (Å²) >= 11 is 0. The Balaban J connectivity index is 1.43. The molecule has 2 aromatic carbocycles. The first-order valence-electron chi connectivity index (χ1n) is 10.4. The van der Waals surface area contributed by atoms with Crippen molar-refractivity contribution in [2.45, 2.75) is 25.8 Å². The van der Waals surface area contributed by atoms with Gasteiger partial charge in [-0.2, -0.15) is 0 Å². The van der Waals surface area contributed by atoms with Gasteiger partial charge in [-0.25, -0.2) is 4.98 Å². The van der Waals surface area contributed by atoms with Crippen molar-refractivity contribution < 1.29 is 28.5 Å². The van der Waals surface area contributed by atoms with Crippen molar-refractivity contribution in [1.29, 1.82) is 0 Å². The first kappa shape index (κ1) is 22.1. The zero-order chi connectivity index (χ0) is 23.4. The number of hydrogen-bond donors (Lipinski definition) is 1. The Morgan fingerprint density at radius 3 is 2.58 bits per heavy atom. The monoisotopic (exact) mass is 448 g/mol. The highest BCUT2D eigenvalue weighted by molar-refractivity contribution is 5.96. The van der Waals surface area contributed by atoms with Crippen LogP contribution < -0.4 is 19.5 Å². The van der Waals surface area contributed by atoms with Crippen LogP contribution in [-0.2, 0) is 21.5 Å².